The number of carboxylic acids is 1. The standard InChI is InChI=1S/C13H11NO5S/c15-9-4-2-1-3-8(9)7-10-12(18)14(13(19)20-10)6-5-11(16)17/h1-4,7,15H,5-6H2,(H,16,17)/b10-7+. The number of nitrogens with zero attached hydrogens (tertiary/aromatic N) is 1. The molecule has 1 aromatic carbocycles. The van der Waals surface area contributed by atoms with Crippen LogP contribution in [-0.4, -0.2) is 38.8 Å². The van der Waals surface area contributed by atoms with Crippen LogP contribution in [0.1, 0.15) is 12.0 Å². The number of carbonyl (C=O) groups excluding carboxylic acids is 2. The molecule has 2 N–H and O–H groups in total. The molecule has 0 bridgehead atoms. The summed E-state index contributed by atoms with van der Waals surface area (Å²) in [5, 5.41) is 17.7. The fourth-order valence-corrected chi connectivity index (χ4v) is 2.51. The Balaban J connectivity index is 2.19. The normalized spacial score (nSPS) is 17.0. The highest BCUT2D eigenvalue weighted by Gasteiger charge is 2.35. The fraction of sp³-hybridized carbons (Fsp3) is 0.154. The van der Waals surface area contributed by atoms with Gasteiger partial charge >= 0.3 is 5.97 Å². The first-order valence-electron chi connectivity index (χ1n) is 5.74. The molecule has 1 fully saturated rings. The van der Waals surface area contributed by atoms with Gasteiger partial charge in [-0.3, -0.25) is 19.3 Å². The molecule has 0 aromatic heterocycles. The van der Waals surface area contributed by atoms with E-state index >= 15 is 0 Å². The minimum Gasteiger partial charge on any atom is -0.507 e. The molecule has 104 valence electrons. The van der Waals surface area contributed by atoms with Gasteiger partial charge in [0.05, 0.1) is 11.3 Å². The highest BCUT2D eigenvalue weighted by Crippen LogP contribution is 2.33. The number of benzene rings is 1. The van der Waals surface area contributed by atoms with E-state index in [1.165, 1.54) is 12.1 Å². The van der Waals surface area contributed by atoms with Gasteiger partial charge in [0.2, 0.25) is 0 Å². The fourth-order valence-electron chi connectivity index (χ4n) is 1.65. The molecule has 1 aliphatic heterocycles. The third-order valence-corrected chi connectivity index (χ3v) is 3.55. The first-order valence-corrected chi connectivity index (χ1v) is 6.56. The third kappa shape index (κ3) is 3.00. The van der Waals surface area contributed by atoms with Gasteiger partial charge in [0.1, 0.15) is 5.75 Å². The van der Waals surface area contributed by atoms with Gasteiger partial charge in [-0.2, -0.15) is 0 Å². The van der Waals surface area contributed by atoms with E-state index in [2.05, 4.69) is 0 Å². The zero-order valence-electron chi connectivity index (χ0n) is 10.3. The van der Waals surface area contributed by atoms with Crippen LogP contribution in [-0.2, 0) is 9.59 Å². The molecule has 2 amide bonds. The Labute approximate surface area is 118 Å². The molecule has 1 saturated heterocycles. The molecule has 1 aromatic rings. The van der Waals surface area contributed by atoms with Gasteiger partial charge in [0.25, 0.3) is 11.1 Å². The van der Waals surface area contributed by atoms with Crippen molar-refractivity contribution < 1.29 is 24.6 Å². The van der Waals surface area contributed by atoms with Crippen molar-refractivity contribution in [3.63, 3.8) is 0 Å². The highest BCUT2D eigenvalue weighted by molar-refractivity contribution is 8.18. The number of phenols is 1. The number of hydrogen-bond acceptors (Lipinski definition) is 5. The molecule has 0 saturated carbocycles. The highest BCUT2D eigenvalue weighted by atomic mass is 32.2. The zero-order chi connectivity index (χ0) is 14.7. The Kier molecular flexibility index (Phi) is 4.09. The third-order valence-electron chi connectivity index (χ3n) is 2.65. The van der Waals surface area contributed by atoms with Crippen molar-refractivity contribution in [1.82, 2.24) is 4.90 Å². The number of aromatic hydroxyl groups is 1. The Morgan fingerprint density at radius 2 is 2.00 bits per heavy atom. The summed E-state index contributed by atoms with van der Waals surface area (Å²) in [5.41, 5.74) is 0.427. The molecule has 0 aliphatic carbocycles. The number of hydrogen-bond donors (Lipinski definition) is 2. The molecule has 0 atom stereocenters. The van der Waals surface area contributed by atoms with E-state index in [4.69, 9.17) is 5.11 Å². The summed E-state index contributed by atoms with van der Waals surface area (Å²) in [6.45, 7) is -0.155. The molecule has 20 heavy (non-hydrogen) atoms. The number of carboxylic acid groups (broad SMARTS) is 1. The minimum absolute atomic E-state index is 0.00448. The molecular formula is C13H11NO5S. The number of para-hydroxylation sites is 1. The molecule has 6 nitrogen and oxygen atoms in total. The Morgan fingerprint density at radius 1 is 1.30 bits per heavy atom. The van der Waals surface area contributed by atoms with Gasteiger partial charge in [-0.1, -0.05) is 18.2 Å². The molecular weight excluding hydrogens is 282 g/mol. The van der Waals surface area contributed by atoms with Crippen LogP contribution in [0.25, 0.3) is 6.08 Å². The first kappa shape index (κ1) is 14.1. The summed E-state index contributed by atoms with van der Waals surface area (Å²) in [5.74, 6) is -1.61. The largest absolute Gasteiger partial charge is 0.507 e. The van der Waals surface area contributed by atoms with Gasteiger partial charge in [0, 0.05) is 12.1 Å². The monoisotopic (exact) mass is 293 g/mol. The zero-order valence-corrected chi connectivity index (χ0v) is 11.1. The summed E-state index contributed by atoms with van der Waals surface area (Å²) in [7, 11) is 0. The SMILES string of the molecule is O=C(O)CCN1C(=O)S/C(=C/c2ccccc2O)C1=O. The van der Waals surface area contributed by atoms with E-state index in [0.717, 1.165) is 16.7 Å². The van der Waals surface area contributed by atoms with E-state index < -0.39 is 17.1 Å². The van der Waals surface area contributed by atoms with Crippen molar-refractivity contribution in [2.75, 3.05) is 6.54 Å². The van der Waals surface area contributed by atoms with E-state index in [1.807, 2.05) is 0 Å². The van der Waals surface area contributed by atoms with Crippen LogP contribution < -0.4 is 0 Å². The lowest BCUT2D eigenvalue weighted by molar-refractivity contribution is -0.137. The van der Waals surface area contributed by atoms with Crippen LogP contribution in [0.4, 0.5) is 4.79 Å². The van der Waals surface area contributed by atoms with E-state index in [1.54, 1.807) is 18.2 Å². The van der Waals surface area contributed by atoms with Crippen molar-refractivity contribution in [2.24, 2.45) is 0 Å². The number of imide groups is 1. The first-order chi connectivity index (χ1) is 9.49. The molecule has 1 heterocycles. The maximum Gasteiger partial charge on any atom is 0.305 e. The average Bonchev–Trinajstić information content (AvgIpc) is 2.65. The number of phenolic OH excluding ortho intramolecular Hbond substituents is 1. The maximum absolute atomic E-state index is 12.0. The van der Waals surface area contributed by atoms with Crippen LogP contribution in [0.5, 0.6) is 5.75 Å². The lowest BCUT2D eigenvalue weighted by atomic mass is 10.2. The summed E-state index contributed by atoms with van der Waals surface area (Å²) in [6.07, 6.45) is 1.13. The van der Waals surface area contributed by atoms with Crippen molar-refractivity contribution in [3.05, 3.63) is 34.7 Å². The summed E-state index contributed by atoms with van der Waals surface area (Å²) < 4.78 is 0. The molecule has 0 unspecified atom stereocenters. The number of amides is 2. The summed E-state index contributed by atoms with van der Waals surface area (Å²) in [6, 6.07) is 6.42. The topological polar surface area (TPSA) is 94.9 Å². The van der Waals surface area contributed by atoms with Crippen molar-refractivity contribution >= 4 is 35.0 Å². The lowest BCUT2D eigenvalue weighted by Gasteiger charge is -2.09. The van der Waals surface area contributed by atoms with Crippen LogP contribution in [0.3, 0.4) is 0 Å². The average molecular weight is 293 g/mol. The van der Waals surface area contributed by atoms with Gasteiger partial charge in [-0.05, 0) is 23.9 Å². The van der Waals surface area contributed by atoms with Gasteiger partial charge in [0.15, 0.2) is 0 Å². The number of thioether (sulfide) groups is 1. The second kappa shape index (κ2) is 5.79. The van der Waals surface area contributed by atoms with Gasteiger partial charge < -0.3 is 10.2 Å². The lowest BCUT2D eigenvalue weighted by Crippen LogP contribution is -2.30. The number of carbonyl (C=O) groups is 3. The van der Waals surface area contributed by atoms with E-state index in [-0.39, 0.29) is 23.6 Å². The molecule has 1 aliphatic rings. The maximum atomic E-state index is 12.0. The van der Waals surface area contributed by atoms with Crippen molar-refractivity contribution in [2.45, 2.75) is 6.42 Å². The Bertz CT molecular complexity index is 611. The van der Waals surface area contributed by atoms with Crippen LogP contribution >= 0.6 is 11.8 Å². The molecule has 0 radical (unpaired) electrons. The summed E-state index contributed by atoms with van der Waals surface area (Å²) >= 11 is 0.731. The van der Waals surface area contributed by atoms with Gasteiger partial charge in [-0.25, -0.2) is 0 Å². The predicted molar refractivity (Wildman–Crippen MR) is 73.0 cm³/mol. The van der Waals surface area contributed by atoms with Crippen molar-refractivity contribution in [1.29, 1.82) is 0 Å². The van der Waals surface area contributed by atoms with Crippen LogP contribution in [0, 0.1) is 0 Å². The summed E-state index contributed by atoms with van der Waals surface area (Å²) in [4.78, 5) is 35.2. The van der Waals surface area contributed by atoms with Gasteiger partial charge in [-0.15, -0.1) is 0 Å². The molecule has 0 spiro atoms. The quantitative estimate of drug-likeness (QED) is 0.823. The minimum atomic E-state index is -1.08. The van der Waals surface area contributed by atoms with Crippen molar-refractivity contribution in [3.8, 4) is 5.75 Å². The second-order valence-electron chi connectivity index (χ2n) is 4.04. The predicted octanol–water partition coefficient (Wildman–Crippen LogP) is 1.90. The molecule has 7 heteroatoms. The Hall–Kier alpha value is -2.28. The molecule has 2 rings (SSSR count). The second-order valence-corrected chi connectivity index (χ2v) is 5.03. The number of aliphatic carboxylic acids is 1. The smallest absolute Gasteiger partial charge is 0.305 e. The number of rotatable bonds is 4. The Morgan fingerprint density at radius 3 is 2.65 bits per heavy atom. The van der Waals surface area contributed by atoms with E-state index in [9.17, 15) is 19.5 Å². The van der Waals surface area contributed by atoms with Crippen LogP contribution in [0.15, 0.2) is 29.2 Å². The van der Waals surface area contributed by atoms with E-state index in [0.29, 0.717) is 5.56 Å². The van der Waals surface area contributed by atoms with Crippen LogP contribution in [0.2, 0.25) is 0 Å².